The molecule has 1 aromatic rings. The van der Waals surface area contributed by atoms with Crippen molar-refractivity contribution in [3.63, 3.8) is 0 Å². The van der Waals surface area contributed by atoms with Crippen molar-refractivity contribution in [3.05, 3.63) is 17.0 Å². The van der Waals surface area contributed by atoms with Crippen LogP contribution in [0.15, 0.2) is 0 Å². The summed E-state index contributed by atoms with van der Waals surface area (Å²) in [5.74, 6) is 1.01. The lowest BCUT2D eigenvalue weighted by molar-refractivity contribution is -0.141. The maximum Gasteiger partial charge on any atom is 0.244 e. The van der Waals surface area contributed by atoms with Gasteiger partial charge in [0.15, 0.2) is 0 Å². The second kappa shape index (κ2) is 6.72. The molecule has 1 aromatic heterocycles. The first kappa shape index (κ1) is 17.0. The van der Waals surface area contributed by atoms with Gasteiger partial charge < -0.3 is 9.64 Å². The van der Waals surface area contributed by atoms with Crippen LogP contribution in [-0.4, -0.2) is 70.4 Å². The standard InChI is InChI=1S/C19H30N4O2/c1-4-17-13(2)20-23(14(17)3)10-19(24)21-7-8-22-16(9-21)11-25-12-18(22)15-5-6-15/h15-16,18H,4-12H2,1-3H3/t16-,18-/m1/s1. The van der Waals surface area contributed by atoms with E-state index < -0.39 is 0 Å². The highest BCUT2D eigenvalue weighted by molar-refractivity contribution is 5.76. The molecule has 2 saturated heterocycles. The number of aryl methyl sites for hydroxylation is 1. The smallest absolute Gasteiger partial charge is 0.244 e. The Morgan fingerprint density at radius 2 is 2.04 bits per heavy atom. The van der Waals surface area contributed by atoms with Crippen LogP contribution in [0.2, 0.25) is 0 Å². The quantitative estimate of drug-likeness (QED) is 0.827. The van der Waals surface area contributed by atoms with Crippen LogP contribution in [0.4, 0.5) is 0 Å². The number of morpholine rings is 1. The van der Waals surface area contributed by atoms with Gasteiger partial charge in [-0.1, -0.05) is 6.92 Å². The third-order valence-corrected chi connectivity index (χ3v) is 6.24. The number of amides is 1. The van der Waals surface area contributed by atoms with E-state index in [0.29, 0.717) is 18.6 Å². The predicted octanol–water partition coefficient (Wildman–Crippen LogP) is 1.38. The molecular formula is C19H30N4O2. The molecule has 3 aliphatic rings. The van der Waals surface area contributed by atoms with Gasteiger partial charge >= 0.3 is 0 Å². The third kappa shape index (κ3) is 3.22. The molecule has 0 radical (unpaired) electrons. The minimum Gasteiger partial charge on any atom is -0.378 e. The zero-order valence-corrected chi connectivity index (χ0v) is 15.7. The highest BCUT2D eigenvalue weighted by Crippen LogP contribution is 2.38. The zero-order valence-electron chi connectivity index (χ0n) is 15.7. The number of carbonyl (C=O) groups is 1. The van der Waals surface area contributed by atoms with E-state index >= 15 is 0 Å². The van der Waals surface area contributed by atoms with Crippen molar-refractivity contribution in [2.75, 3.05) is 32.8 Å². The largest absolute Gasteiger partial charge is 0.378 e. The minimum atomic E-state index is 0.182. The Labute approximate surface area is 150 Å². The third-order valence-electron chi connectivity index (χ3n) is 6.24. The molecule has 1 aliphatic carbocycles. The molecule has 2 atom stereocenters. The van der Waals surface area contributed by atoms with E-state index in [4.69, 9.17) is 4.74 Å². The Balaban J connectivity index is 1.40. The lowest BCUT2D eigenvalue weighted by Gasteiger charge is -2.48. The lowest BCUT2D eigenvalue weighted by Crippen LogP contribution is -2.63. The van der Waals surface area contributed by atoms with Crippen molar-refractivity contribution in [1.82, 2.24) is 19.6 Å². The summed E-state index contributed by atoms with van der Waals surface area (Å²) in [6, 6.07) is 0.947. The number of ether oxygens (including phenoxy) is 1. The monoisotopic (exact) mass is 346 g/mol. The van der Waals surface area contributed by atoms with Gasteiger partial charge in [0, 0.05) is 31.4 Å². The molecule has 3 fully saturated rings. The van der Waals surface area contributed by atoms with Gasteiger partial charge in [0.1, 0.15) is 6.54 Å². The number of fused-ring (bicyclic) bond motifs is 1. The van der Waals surface area contributed by atoms with E-state index in [2.05, 4.69) is 23.8 Å². The van der Waals surface area contributed by atoms with Crippen LogP contribution in [0.3, 0.4) is 0 Å². The van der Waals surface area contributed by atoms with Gasteiger partial charge in [-0.15, -0.1) is 0 Å². The number of hydrogen-bond acceptors (Lipinski definition) is 4. The molecule has 25 heavy (non-hydrogen) atoms. The summed E-state index contributed by atoms with van der Waals surface area (Å²) in [7, 11) is 0. The number of piperazine rings is 1. The highest BCUT2D eigenvalue weighted by Gasteiger charge is 2.43. The number of nitrogens with zero attached hydrogens (tertiary/aromatic N) is 4. The Kier molecular flexibility index (Phi) is 4.58. The normalized spacial score (nSPS) is 27.4. The predicted molar refractivity (Wildman–Crippen MR) is 95.5 cm³/mol. The summed E-state index contributed by atoms with van der Waals surface area (Å²) in [6.07, 6.45) is 3.65. The fraction of sp³-hybridized carbons (Fsp3) is 0.789. The minimum absolute atomic E-state index is 0.182. The Bertz CT molecular complexity index is 652. The number of carbonyl (C=O) groups excluding carboxylic acids is 1. The van der Waals surface area contributed by atoms with Gasteiger partial charge in [0.2, 0.25) is 5.91 Å². The maximum atomic E-state index is 12.8. The molecule has 6 nitrogen and oxygen atoms in total. The molecule has 0 N–H and O–H groups in total. The lowest BCUT2D eigenvalue weighted by atomic mass is 10.0. The first-order valence-corrected chi connectivity index (χ1v) is 9.72. The van der Waals surface area contributed by atoms with Gasteiger partial charge in [-0.2, -0.15) is 5.10 Å². The Hall–Kier alpha value is -1.40. The van der Waals surface area contributed by atoms with E-state index in [1.165, 1.54) is 18.4 Å². The molecule has 138 valence electrons. The average Bonchev–Trinajstić information content (AvgIpc) is 3.41. The van der Waals surface area contributed by atoms with Crippen molar-refractivity contribution >= 4 is 5.91 Å². The highest BCUT2D eigenvalue weighted by atomic mass is 16.5. The summed E-state index contributed by atoms with van der Waals surface area (Å²) < 4.78 is 7.74. The molecule has 0 unspecified atom stereocenters. The zero-order chi connectivity index (χ0) is 17.6. The van der Waals surface area contributed by atoms with Crippen LogP contribution in [0, 0.1) is 19.8 Å². The van der Waals surface area contributed by atoms with Crippen LogP contribution >= 0.6 is 0 Å². The fourth-order valence-corrected chi connectivity index (χ4v) is 4.62. The second-order valence-corrected chi connectivity index (χ2v) is 7.83. The summed E-state index contributed by atoms with van der Waals surface area (Å²) in [5.41, 5.74) is 3.44. The van der Waals surface area contributed by atoms with E-state index in [-0.39, 0.29) is 5.91 Å². The summed E-state index contributed by atoms with van der Waals surface area (Å²) >= 11 is 0. The van der Waals surface area contributed by atoms with Crippen LogP contribution in [0.25, 0.3) is 0 Å². The molecule has 4 rings (SSSR count). The first-order valence-electron chi connectivity index (χ1n) is 9.72. The molecular weight excluding hydrogens is 316 g/mol. The number of aromatic nitrogens is 2. The van der Waals surface area contributed by atoms with Gasteiger partial charge in [0.05, 0.1) is 24.9 Å². The molecule has 1 saturated carbocycles. The second-order valence-electron chi connectivity index (χ2n) is 7.83. The summed E-state index contributed by atoms with van der Waals surface area (Å²) in [4.78, 5) is 17.5. The molecule has 0 spiro atoms. The summed E-state index contributed by atoms with van der Waals surface area (Å²) in [6.45, 7) is 10.8. The van der Waals surface area contributed by atoms with Crippen LogP contribution < -0.4 is 0 Å². The number of rotatable bonds is 4. The molecule has 2 aliphatic heterocycles. The van der Waals surface area contributed by atoms with Crippen LogP contribution in [0.1, 0.15) is 36.7 Å². The maximum absolute atomic E-state index is 12.8. The molecule has 0 aromatic carbocycles. The van der Waals surface area contributed by atoms with Crippen molar-refractivity contribution < 1.29 is 9.53 Å². The van der Waals surface area contributed by atoms with E-state index in [1.54, 1.807) is 0 Å². The fourth-order valence-electron chi connectivity index (χ4n) is 4.62. The Morgan fingerprint density at radius 1 is 1.24 bits per heavy atom. The van der Waals surface area contributed by atoms with E-state index in [9.17, 15) is 4.79 Å². The molecule has 1 amide bonds. The van der Waals surface area contributed by atoms with Gasteiger partial charge in [0.25, 0.3) is 0 Å². The topological polar surface area (TPSA) is 50.6 Å². The van der Waals surface area contributed by atoms with Gasteiger partial charge in [-0.05, 0) is 44.6 Å². The number of hydrogen-bond donors (Lipinski definition) is 0. The SMILES string of the molecule is CCc1c(C)nn(CC(=O)N2CCN3[C@@H](COC[C@@H]3C3CC3)C2)c1C. The van der Waals surface area contributed by atoms with Gasteiger partial charge in [-0.25, -0.2) is 0 Å². The molecule has 6 heteroatoms. The first-order chi connectivity index (χ1) is 12.1. The van der Waals surface area contributed by atoms with Crippen LogP contribution in [-0.2, 0) is 22.5 Å². The van der Waals surface area contributed by atoms with Gasteiger partial charge in [-0.3, -0.25) is 14.4 Å². The van der Waals surface area contributed by atoms with Crippen molar-refractivity contribution in [2.45, 2.75) is 58.7 Å². The average molecular weight is 346 g/mol. The van der Waals surface area contributed by atoms with Crippen molar-refractivity contribution in [1.29, 1.82) is 0 Å². The molecule has 0 bridgehead atoms. The van der Waals surface area contributed by atoms with E-state index in [0.717, 1.165) is 56.6 Å². The van der Waals surface area contributed by atoms with E-state index in [1.807, 2.05) is 16.5 Å². The molecule has 3 heterocycles. The van der Waals surface area contributed by atoms with Crippen molar-refractivity contribution in [3.8, 4) is 0 Å². The summed E-state index contributed by atoms with van der Waals surface area (Å²) in [5, 5.41) is 4.57. The Morgan fingerprint density at radius 3 is 2.72 bits per heavy atom. The van der Waals surface area contributed by atoms with Crippen LogP contribution in [0.5, 0.6) is 0 Å². The van der Waals surface area contributed by atoms with Crippen molar-refractivity contribution in [2.24, 2.45) is 5.92 Å².